The second-order valence-corrected chi connectivity index (χ2v) is 3.32. The highest BCUT2D eigenvalue weighted by atomic mass is 32.2. The van der Waals surface area contributed by atoms with Crippen LogP contribution in [0.25, 0.3) is 0 Å². The van der Waals surface area contributed by atoms with Gasteiger partial charge in [0.2, 0.25) is 0 Å². The number of alkyl halides is 2. The lowest BCUT2D eigenvalue weighted by Crippen LogP contribution is -2.01. The summed E-state index contributed by atoms with van der Waals surface area (Å²) in [7, 11) is 0. The van der Waals surface area contributed by atoms with Crippen molar-refractivity contribution in [3.05, 3.63) is 29.8 Å². The van der Waals surface area contributed by atoms with Crippen LogP contribution in [0.3, 0.4) is 0 Å². The molecule has 0 saturated heterocycles. The van der Waals surface area contributed by atoms with Gasteiger partial charge in [0.15, 0.2) is 0 Å². The van der Waals surface area contributed by atoms with Crippen molar-refractivity contribution in [1.29, 1.82) is 0 Å². The van der Waals surface area contributed by atoms with Gasteiger partial charge in [-0.15, -0.1) is 0 Å². The van der Waals surface area contributed by atoms with Crippen molar-refractivity contribution in [3.63, 3.8) is 0 Å². The maximum absolute atomic E-state index is 11.8. The zero-order chi connectivity index (χ0) is 9.68. The molecule has 13 heavy (non-hydrogen) atoms. The molecule has 0 heterocycles. The normalized spacial score (nSPS) is 10.5. The van der Waals surface area contributed by atoms with Gasteiger partial charge in [0.1, 0.15) is 5.75 Å². The number of benzene rings is 1. The lowest BCUT2D eigenvalue weighted by atomic mass is 10.2. The number of halogens is 2. The fraction of sp³-hybridized carbons (Fsp3) is 0.333. The Morgan fingerprint density at radius 3 is 2.85 bits per heavy atom. The van der Waals surface area contributed by atoms with E-state index in [1.165, 1.54) is 6.07 Å². The van der Waals surface area contributed by atoms with E-state index in [1.54, 1.807) is 23.9 Å². The summed E-state index contributed by atoms with van der Waals surface area (Å²) in [6.07, 6.45) is 1.96. The molecule has 0 unspecified atom stereocenters. The van der Waals surface area contributed by atoms with E-state index in [1.807, 2.05) is 12.3 Å². The average Bonchev–Trinajstić information content (AvgIpc) is 2.04. The van der Waals surface area contributed by atoms with E-state index in [0.29, 0.717) is 0 Å². The quantitative estimate of drug-likeness (QED) is 0.745. The van der Waals surface area contributed by atoms with Gasteiger partial charge in [0.25, 0.3) is 0 Å². The Morgan fingerprint density at radius 1 is 1.46 bits per heavy atom. The summed E-state index contributed by atoms with van der Waals surface area (Å²) in [5.41, 5.74) is 0.991. The fourth-order valence-electron chi connectivity index (χ4n) is 0.978. The number of ether oxygens (including phenoxy) is 1. The zero-order valence-electron chi connectivity index (χ0n) is 7.17. The van der Waals surface area contributed by atoms with E-state index in [-0.39, 0.29) is 5.75 Å². The molecule has 0 spiro atoms. The van der Waals surface area contributed by atoms with Crippen LogP contribution in [0.1, 0.15) is 5.56 Å². The van der Waals surface area contributed by atoms with Crippen LogP contribution in [0.2, 0.25) is 0 Å². The minimum absolute atomic E-state index is 0.224. The third kappa shape index (κ3) is 3.63. The second-order valence-electron chi connectivity index (χ2n) is 2.46. The van der Waals surface area contributed by atoms with E-state index >= 15 is 0 Å². The molecule has 0 bridgehead atoms. The SMILES string of the molecule is CSCc1cccc(OC(F)F)c1. The highest BCUT2D eigenvalue weighted by Crippen LogP contribution is 2.18. The van der Waals surface area contributed by atoms with Crippen molar-refractivity contribution < 1.29 is 13.5 Å². The molecule has 0 atom stereocenters. The number of hydrogen-bond acceptors (Lipinski definition) is 2. The van der Waals surface area contributed by atoms with Crippen LogP contribution in [0.4, 0.5) is 8.78 Å². The standard InChI is InChI=1S/C9H10F2OS/c1-13-6-7-3-2-4-8(5-7)12-9(10)11/h2-5,9H,6H2,1H3. The topological polar surface area (TPSA) is 9.23 Å². The largest absolute Gasteiger partial charge is 0.435 e. The lowest BCUT2D eigenvalue weighted by Gasteiger charge is -2.05. The molecule has 72 valence electrons. The Kier molecular flexibility index (Phi) is 4.02. The van der Waals surface area contributed by atoms with Gasteiger partial charge in [-0.1, -0.05) is 12.1 Å². The predicted octanol–water partition coefficient (Wildman–Crippen LogP) is 3.15. The van der Waals surface area contributed by atoms with Crippen molar-refractivity contribution in [2.75, 3.05) is 6.26 Å². The van der Waals surface area contributed by atoms with Gasteiger partial charge in [0, 0.05) is 5.75 Å². The number of hydrogen-bond donors (Lipinski definition) is 0. The van der Waals surface area contributed by atoms with Crippen LogP contribution in [0.15, 0.2) is 24.3 Å². The summed E-state index contributed by atoms with van der Waals surface area (Å²) < 4.78 is 27.9. The van der Waals surface area contributed by atoms with Gasteiger partial charge in [-0.05, 0) is 24.0 Å². The van der Waals surface area contributed by atoms with Crippen LogP contribution < -0.4 is 4.74 Å². The maximum Gasteiger partial charge on any atom is 0.387 e. The Hall–Kier alpha value is -0.770. The van der Waals surface area contributed by atoms with E-state index in [0.717, 1.165) is 11.3 Å². The lowest BCUT2D eigenvalue weighted by molar-refractivity contribution is -0.0498. The molecule has 0 amide bonds. The molecule has 0 N–H and O–H groups in total. The van der Waals surface area contributed by atoms with Crippen LogP contribution in [0, 0.1) is 0 Å². The van der Waals surface area contributed by atoms with Crippen molar-refractivity contribution in [2.45, 2.75) is 12.4 Å². The van der Waals surface area contributed by atoms with E-state index in [4.69, 9.17) is 0 Å². The molecule has 0 aliphatic rings. The second kappa shape index (κ2) is 5.07. The Labute approximate surface area is 80.1 Å². The van der Waals surface area contributed by atoms with Crippen LogP contribution in [0.5, 0.6) is 5.75 Å². The monoisotopic (exact) mass is 204 g/mol. The molecule has 1 nitrogen and oxygen atoms in total. The first-order chi connectivity index (χ1) is 6.22. The molecule has 0 aromatic heterocycles. The summed E-state index contributed by atoms with van der Waals surface area (Å²) in [6.45, 7) is -2.75. The molecular weight excluding hydrogens is 194 g/mol. The molecule has 1 aromatic rings. The van der Waals surface area contributed by atoms with Gasteiger partial charge in [-0.25, -0.2) is 0 Å². The van der Waals surface area contributed by atoms with Crippen LogP contribution >= 0.6 is 11.8 Å². The molecule has 1 rings (SSSR count). The highest BCUT2D eigenvalue weighted by molar-refractivity contribution is 7.97. The molecule has 4 heteroatoms. The van der Waals surface area contributed by atoms with Crippen molar-refractivity contribution >= 4 is 11.8 Å². The van der Waals surface area contributed by atoms with Crippen LogP contribution in [-0.4, -0.2) is 12.9 Å². The van der Waals surface area contributed by atoms with Gasteiger partial charge in [-0.3, -0.25) is 0 Å². The van der Waals surface area contributed by atoms with E-state index < -0.39 is 6.61 Å². The Morgan fingerprint density at radius 2 is 2.23 bits per heavy atom. The van der Waals surface area contributed by atoms with E-state index in [9.17, 15) is 8.78 Å². The summed E-state index contributed by atoms with van der Waals surface area (Å²) in [5.74, 6) is 1.03. The Balaban J connectivity index is 2.67. The first-order valence-corrected chi connectivity index (χ1v) is 5.14. The third-order valence-corrected chi connectivity index (χ3v) is 2.06. The van der Waals surface area contributed by atoms with Gasteiger partial charge in [-0.2, -0.15) is 20.5 Å². The first kappa shape index (κ1) is 10.3. The average molecular weight is 204 g/mol. The van der Waals surface area contributed by atoms with Gasteiger partial charge >= 0.3 is 6.61 Å². The summed E-state index contributed by atoms with van der Waals surface area (Å²) in [5, 5.41) is 0. The fourth-order valence-corrected chi connectivity index (χ4v) is 1.49. The minimum atomic E-state index is -2.75. The van der Waals surface area contributed by atoms with Crippen molar-refractivity contribution in [3.8, 4) is 5.75 Å². The van der Waals surface area contributed by atoms with Crippen LogP contribution in [-0.2, 0) is 5.75 Å². The molecule has 0 aliphatic heterocycles. The molecule has 0 fully saturated rings. The molecule has 0 saturated carbocycles. The molecular formula is C9H10F2OS. The minimum Gasteiger partial charge on any atom is -0.435 e. The summed E-state index contributed by atoms with van der Waals surface area (Å²) in [6, 6.07) is 6.75. The molecule has 0 radical (unpaired) electrons. The molecule has 1 aromatic carbocycles. The first-order valence-electron chi connectivity index (χ1n) is 3.75. The number of rotatable bonds is 4. The highest BCUT2D eigenvalue weighted by Gasteiger charge is 2.03. The predicted molar refractivity (Wildman–Crippen MR) is 50.3 cm³/mol. The van der Waals surface area contributed by atoms with Gasteiger partial charge in [0.05, 0.1) is 0 Å². The van der Waals surface area contributed by atoms with Crippen molar-refractivity contribution in [2.24, 2.45) is 0 Å². The third-order valence-electron chi connectivity index (χ3n) is 1.43. The number of thioether (sulfide) groups is 1. The smallest absolute Gasteiger partial charge is 0.387 e. The van der Waals surface area contributed by atoms with Crippen molar-refractivity contribution in [1.82, 2.24) is 0 Å². The zero-order valence-corrected chi connectivity index (χ0v) is 7.98. The van der Waals surface area contributed by atoms with Gasteiger partial charge < -0.3 is 4.74 Å². The summed E-state index contributed by atoms with van der Waals surface area (Å²) in [4.78, 5) is 0. The van der Waals surface area contributed by atoms with E-state index in [2.05, 4.69) is 4.74 Å². The molecule has 0 aliphatic carbocycles. The maximum atomic E-state index is 11.8. The summed E-state index contributed by atoms with van der Waals surface area (Å²) >= 11 is 1.64. The Bertz CT molecular complexity index is 266.